The highest BCUT2D eigenvalue weighted by molar-refractivity contribution is 14.0. The maximum atomic E-state index is 5.75. The molecule has 140 valence electrons. The molecule has 2 heterocycles. The summed E-state index contributed by atoms with van der Waals surface area (Å²) in [5, 5.41) is 3.42. The summed E-state index contributed by atoms with van der Waals surface area (Å²) in [4.78, 5) is 10.8. The number of nitrogens with one attached hydrogen (secondary N) is 1. The molecule has 1 aromatic heterocycles. The first-order valence-corrected chi connectivity index (χ1v) is 8.82. The van der Waals surface area contributed by atoms with E-state index in [1.54, 1.807) is 0 Å². The molecule has 25 heavy (non-hydrogen) atoms. The fourth-order valence-corrected chi connectivity index (χ4v) is 2.89. The van der Waals surface area contributed by atoms with Gasteiger partial charge in [0.1, 0.15) is 0 Å². The van der Waals surface area contributed by atoms with E-state index in [-0.39, 0.29) is 24.0 Å². The average molecular weight is 460 g/mol. The largest absolute Gasteiger partial charge is 0.477 e. The number of aliphatic imine (C=N–C) groups is 1. The monoisotopic (exact) mass is 460 g/mol. The first-order valence-electron chi connectivity index (χ1n) is 8.82. The van der Waals surface area contributed by atoms with Gasteiger partial charge in [-0.25, -0.2) is 4.98 Å². The molecule has 0 aromatic carbocycles. The Labute approximate surface area is 167 Å². The SMILES string of the molecule is CN=C(NCc1ccnc(OCC2CC2)c1)N(C)CC1CCOC1.I. The van der Waals surface area contributed by atoms with E-state index < -0.39 is 0 Å². The number of pyridine rings is 1. The van der Waals surface area contributed by atoms with Crippen LogP contribution >= 0.6 is 24.0 Å². The number of aromatic nitrogens is 1. The lowest BCUT2D eigenvalue weighted by Gasteiger charge is -2.24. The number of hydrogen-bond donors (Lipinski definition) is 1. The second-order valence-corrected chi connectivity index (χ2v) is 6.77. The van der Waals surface area contributed by atoms with Crippen LogP contribution in [-0.2, 0) is 11.3 Å². The summed E-state index contributed by atoms with van der Waals surface area (Å²) in [6.45, 7) is 4.20. The molecule has 3 rings (SSSR count). The standard InChI is InChI=1S/C18H28N4O2.HI/c1-19-18(22(2)11-16-6-8-23-12-16)21-10-15-5-7-20-17(9-15)24-13-14-3-4-14;/h5,7,9,14,16H,3-4,6,8,10-13H2,1-2H3,(H,19,21);1H. The molecule has 0 bridgehead atoms. The van der Waals surface area contributed by atoms with Crippen LogP contribution in [0.5, 0.6) is 5.88 Å². The maximum absolute atomic E-state index is 5.75. The molecule has 0 spiro atoms. The number of halogens is 1. The number of hydrogen-bond acceptors (Lipinski definition) is 4. The molecule has 0 amide bonds. The minimum absolute atomic E-state index is 0. The van der Waals surface area contributed by atoms with E-state index in [1.165, 1.54) is 12.8 Å². The minimum atomic E-state index is 0. The van der Waals surface area contributed by atoms with Gasteiger partial charge >= 0.3 is 0 Å². The first-order chi connectivity index (χ1) is 11.7. The van der Waals surface area contributed by atoms with Crippen LogP contribution in [0.2, 0.25) is 0 Å². The van der Waals surface area contributed by atoms with Crippen molar-refractivity contribution in [3.8, 4) is 5.88 Å². The second kappa shape index (κ2) is 10.2. The Kier molecular flexibility index (Phi) is 8.21. The molecule has 1 aliphatic heterocycles. The van der Waals surface area contributed by atoms with Gasteiger partial charge in [0, 0.05) is 52.0 Å². The van der Waals surface area contributed by atoms with Crippen molar-refractivity contribution < 1.29 is 9.47 Å². The summed E-state index contributed by atoms with van der Waals surface area (Å²) in [5.41, 5.74) is 1.15. The van der Waals surface area contributed by atoms with E-state index in [1.807, 2.05) is 25.4 Å². The molecule has 6 nitrogen and oxygen atoms in total. The highest BCUT2D eigenvalue weighted by Gasteiger charge is 2.22. The van der Waals surface area contributed by atoms with Crippen LogP contribution in [0.25, 0.3) is 0 Å². The Morgan fingerprint density at radius 1 is 1.40 bits per heavy atom. The predicted molar refractivity (Wildman–Crippen MR) is 110 cm³/mol. The van der Waals surface area contributed by atoms with Gasteiger partial charge < -0.3 is 19.7 Å². The highest BCUT2D eigenvalue weighted by Crippen LogP contribution is 2.29. The molecule has 1 atom stereocenters. The van der Waals surface area contributed by atoms with Crippen LogP contribution in [0.3, 0.4) is 0 Å². The Bertz CT molecular complexity index is 560. The fourth-order valence-electron chi connectivity index (χ4n) is 2.89. The molecule has 1 saturated heterocycles. The van der Waals surface area contributed by atoms with E-state index in [4.69, 9.17) is 9.47 Å². The van der Waals surface area contributed by atoms with Crippen LogP contribution in [-0.4, -0.2) is 56.3 Å². The summed E-state index contributed by atoms with van der Waals surface area (Å²) in [6, 6.07) is 4.02. The Hall–Kier alpha value is -1.09. The summed E-state index contributed by atoms with van der Waals surface area (Å²) in [6.07, 6.45) is 5.51. The summed E-state index contributed by atoms with van der Waals surface area (Å²) in [7, 11) is 3.89. The van der Waals surface area contributed by atoms with Crippen molar-refractivity contribution in [3.05, 3.63) is 23.9 Å². The zero-order valence-electron chi connectivity index (χ0n) is 15.1. The lowest BCUT2D eigenvalue weighted by molar-refractivity contribution is 0.181. The smallest absolute Gasteiger partial charge is 0.213 e. The van der Waals surface area contributed by atoms with Crippen molar-refractivity contribution in [1.29, 1.82) is 0 Å². The van der Waals surface area contributed by atoms with Crippen molar-refractivity contribution >= 4 is 29.9 Å². The van der Waals surface area contributed by atoms with Crippen molar-refractivity contribution in [2.24, 2.45) is 16.8 Å². The molecule has 1 saturated carbocycles. The van der Waals surface area contributed by atoms with Crippen LogP contribution in [0, 0.1) is 11.8 Å². The number of ether oxygens (including phenoxy) is 2. The predicted octanol–water partition coefficient (Wildman–Crippen LogP) is 2.53. The van der Waals surface area contributed by atoms with Crippen LogP contribution in [0.1, 0.15) is 24.8 Å². The third kappa shape index (κ3) is 6.62. The van der Waals surface area contributed by atoms with Crippen LogP contribution < -0.4 is 10.1 Å². The van der Waals surface area contributed by atoms with Gasteiger partial charge in [-0.3, -0.25) is 4.99 Å². The van der Waals surface area contributed by atoms with E-state index >= 15 is 0 Å². The summed E-state index contributed by atoms with van der Waals surface area (Å²) < 4.78 is 11.2. The molecule has 1 unspecified atom stereocenters. The number of rotatable bonds is 7. The Balaban J connectivity index is 0.00000225. The topological polar surface area (TPSA) is 59.0 Å². The number of nitrogens with zero attached hydrogens (tertiary/aromatic N) is 3. The van der Waals surface area contributed by atoms with Gasteiger partial charge in [0.2, 0.25) is 5.88 Å². The first kappa shape index (κ1) is 20.2. The molecule has 1 aliphatic carbocycles. The van der Waals surface area contributed by atoms with Crippen LogP contribution in [0.15, 0.2) is 23.3 Å². The van der Waals surface area contributed by atoms with E-state index in [0.29, 0.717) is 18.3 Å². The normalized spacial score (nSPS) is 20.1. The lowest BCUT2D eigenvalue weighted by atomic mass is 10.1. The van der Waals surface area contributed by atoms with Gasteiger partial charge in [0.15, 0.2) is 5.96 Å². The van der Waals surface area contributed by atoms with Gasteiger partial charge in [0.25, 0.3) is 0 Å². The molecule has 1 aromatic rings. The summed E-state index contributed by atoms with van der Waals surface area (Å²) in [5.74, 6) is 2.95. The van der Waals surface area contributed by atoms with Crippen molar-refractivity contribution in [3.63, 3.8) is 0 Å². The molecule has 7 heteroatoms. The van der Waals surface area contributed by atoms with E-state index in [0.717, 1.165) is 50.2 Å². The highest BCUT2D eigenvalue weighted by atomic mass is 127. The maximum Gasteiger partial charge on any atom is 0.213 e. The zero-order valence-corrected chi connectivity index (χ0v) is 17.4. The molecule has 0 radical (unpaired) electrons. The molecule has 2 fully saturated rings. The van der Waals surface area contributed by atoms with Gasteiger partial charge in [0.05, 0.1) is 13.2 Å². The minimum Gasteiger partial charge on any atom is -0.477 e. The van der Waals surface area contributed by atoms with Crippen LogP contribution in [0.4, 0.5) is 0 Å². The Morgan fingerprint density at radius 2 is 2.24 bits per heavy atom. The van der Waals surface area contributed by atoms with Crippen molar-refractivity contribution in [2.45, 2.75) is 25.8 Å². The van der Waals surface area contributed by atoms with E-state index in [9.17, 15) is 0 Å². The molecular formula is C18H29IN4O2. The zero-order chi connectivity index (χ0) is 16.8. The van der Waals surface area contributed by atoms with Crippen molar-refractivity contribution in [2.75, 3.05) is 40.5 Å². The molecule has 1 N–H and O–H groups in total. The summed E-state index contributed by atoms with van der Waals surface area (Å²) >= 11 is 0. The van der Waals surface area contributed by atoms with Gasteiger partial charge in [-0.1, -0.05) is 0 Å². The van der Waals surface area contributed by atoms with Gasteiger partial charge in [-0.05, 0) is 36.8 Å². The Morgan fingerprint density at radius 3 is 2.92 bits per heavy atom. The second-order valence-electron chi connectivity index (χ2n) is 6.77. The molecular weight excluding hydrogens is 431 g/mol. The fraction of sp³-hybridized carbons (Fsp3) is 0.667. The van der Waals surface area contributed by atoms with Gasteiger partial charge in [-0.15, -0.1) is 24.0 Å². The third-order valence-electron chi connectivity index (χ3n) is 4.54. The number of guanidine groups is 1. The molecule has 2 aliphatic rings. The average Bonchev–Trinajstić information content (AvgIpc) is 3.29. The van der Waals surface area contributed by atoms with Crippen molar-refractivity contribution in [1.82, 2.24) is 15.2 Å². The van der Waals surface area contributed by atoms with E-state index in [2.05, 4.69) is 27.2 Å². The third-order valence-corrected chi connectivity index (χ3v) is 4.54. The lowest BCUT2D eigenvalue weighted by Crippen LogP contribution is -2.41. The van der Waals surface area contributed by atoms with Gasteiger partial charge in [-0.2, -0.15) is 0 Å². The quantitative estimate of drug-likeness (QED) is 0.385.